The molecule has 0 radical (unpaired) electrons. The molecule has 10 heteroatoms. The first-order valence-electron chi connectivity index (χ1n) is 6.18. The van der Waals surface area contributed by atoms with Crippen LogP contribution in [0.4, 0.5) is 5.69 Å². The summed E-state index contributed by atoms with van der Waals surface area (Å²) in [6, 6.07) is 2.76. The van der Waals surface area contributed by atoms with Crippen LogP contribution in [0.1, 0.15) is 12.8 Å². The number of halogens is 2. The summed E-state index contributed by atoms with van der Waals surface area (Å²) in [5.74, 6) is 0. The van der Waals surface area contributed by atoms with Crippen molar-refractivity contribution in [2.75, 3.05) is 13.1 Å². The van der Waals surface area contributed by atoms with Crippen LogP contribution in [0.5, 0.6) is 0 Å². The number of hydrogen-bond donors (Lipinski definition) is 2. The molecule has 0 atom stereocenters. The molecule has 1 saturated carbocycles. The number of rotatable bonds is 7. The average molecular weight is 354 g/mol. The van der Waals surface area contributed by atoms with Gasteiger partial charge in [-0.3, -0.25) is 10.1 Å². The second-order valence-corrected chi connectivity index (χ2v) is 7.11. The summed E-state index contributed by atoms with van der Waals surface area (Å²) in [5.41, 5.74) is -0.614. The summed E-state index contributed by atoms with van der Waals surface area (Å²) >= 11 is 11.5. The molecule has 0 saturated heterocycles. The minimum absolute atomic E-state index is 0.172. The largest absolute Gasteiger partial charge is 0.313 e. The van der Waals surface area contributed by atoms with Gasteiger partial charge in [0.25, 0.3) is 0 Å². The molecule has 0 aliphatic heterocycles. The van der Waals surface area contributed by atoms with Gasteiger partial charge in [0, 0.05) is 19.1 Å². The maximum absolute atomic E-state index is 12.1. The SMILES string of the molecule is O=[N+]([O-])c1c(Cl)ccc(S(=O)(=O)NCCNC2CC2)c1Cl. The number of sulfonamides is 1. The zero-order valence-electron chi connectivity index (χ0n) is 10.8. The van der Waals surface area contributed by atoms with Crippen LogP contribution >= 0.6 is 23.2 Å². The van der Waals surface area contributed by atoms with Crippen LogP contribution in [0.25, 0.3) is 0 Å². The molecule has 116 valence electrons. The zero-order chi connectivity index (χ0) is 15.6. The van der Waals surface area contributed by atoms with Gasteiger partial charge in [-0.2, -0.15) is 0 Å². The zero-order valence-corrected chi connectivity index (χ0v) is 13.1. The molecule has 0 spiro atoms. The van der Waals surface area contributed by atoms with E-state index in [1.165, 1.54) is 0 Å². The van der Waals surface area contributed by atoms with Crippen molar-refractivity contribution in [2.24, 2.45) is 0 Å². The Bertz CT molecular complexity index is 662. The third-order valence-electron chi connectivity index (χ3n) is 2.93. The summed E-state index contributed by atoms with van der Waals surface area (Å²) in [5, 5.41) is 13.3. The van der Waals surface area contributed by atoms with Crippen molar-refractivity contribution in [2.45, 2.75) is 23.8 Å². The van der Waals surface area contributed by atoms with Crippen LogP contribution in [0, 0.1) is 10.1 Å². The molecule has 0 unspecified atom stereocenters. The van der Waals surface area contributed by atoms with E-state index in [1.54, 1.807) is 0 Å². The number of hydrogen-bond acceptors (Lipinski definition) is 5. The molecular weight excluding hydrogens is 341 g/mol. The predicted molar refractivity (Wildman–Crippen MR) is 79.3 cm³/mol. The monoisotopic (exact) mass is 353 g/mol. The Balaban J connectivity index is 2.14. The van der Waals surface area contributed by atoms with E-state index in [4.69, 9.17) is 23.2 Å². The first kappa shape index (κ1) is 16.4. The standard InChI is InChI=1S/C11H13Cl2N3O4S/c12-8-3-4-9(10(13)11(8)16(17)18)21(19,20)15-6-5-14-7-1-2-7/h3-4,7,14-15H,1-2,5-6H2. The lowest BCUT2D eigenvalue weighted by Crippen LogP contribution is -2.32. The molecule has 1 aromatic rings. The second-order valence-electron chi connectivity index (χ2n) is 4.59. The molecule has 1 fully saturated rings. The van der Waals surface area contributed by atoms with Crippen LogP contribution < -0.4 is 10.0 Å². The van der Waals surface area contributed by atoms with Gasteiger partial charge >= 0.3 is 5.69 Å². The third-order valence-corrected chi connectivity index (χ3v) is 5.23. The van der Waals surface area contributed by atoms with Crippen molar-refractivity contribution >= 4 is 38.9 Å². The number of nitrogens with one attached hydrogen (secondary N) is 2. The Morgan fingerprint density at radius 1 is 1.29 bits per heavy atom. The average Bonchev–Trinajstić information content (AvgIpc) is 3.18. The minimum Gasteiger partial charge on any atom is -0.313 e. The maximum Gasteiger partial charge on any atom is 0.307 e. The molecule has 2 rings (SSSR count). The van der Waals surface area contributed by atoms with Crippen LogP contribution in [-0.2, 0) is 10.0 Å². The van der Waals surface area contributed by atoms with E-state index in [2.05, 4.69) is 10.0 Å². The molecule has 2 N–H and O–H groups in total. The van der Waals surface area contributed by atoms with E-state index in [-0.39, 0.29) is 16.5 Å². The lowest BCUT2D eigenvalue weighted by molar-refractivity contribution is -0.384. The van der Waals surface area contributed by atoms with Crippen molar-refractivity contribution in [1.29, 1.82) is 0 Å². The van der Waals surface area contributed by atoms with Crippen molar-refractivity contribution in [1.82, 2.24) is 10.0 Å². The van der Waals surface area contributed by atoms with Gasteiger partial charge in [0.2, 0.25) is 10.0 Å². The van der Waals surface area contributed by atoms with Gasteiger partial charge in [0.15, 0.2) is 0 Å². The number of nitro benzene ring substituents is 1. The molecular formula is C11H13Cl2N3O4S. The maximum atomic E-state index is 12.1. The molecule has 1 aliphatic carbocycles. The quantitative estimate of drug-likeness (QED) is 0.443. The molecule has 21 heavy (non-hydrogen) atoms. The number of nitrogens with zero attached hydrogens (tertiary/aromatic N) is 1. The minimum atomic E-state index is -3.93. The van der Waals surface area contributed by atoms with Crippen LogP contribution in [-0.4, -0.2) is 32.5 Å². The van der Waals surface area contributed by atoms with E-state index in [9.17, 15) is 18.5 Å². The van der Waals surface area contributed by atoms with E-state index in [1.807, 2.05) is 0 Å². The molecule has 0 bridgehead atoms. The fourth-order valence-corrected chi connectivity index (χ4v) is 3.64. The Labute approximate surface area is 131 Å². The Morgan fingerprint density at radius 2 is 1.95 bits per heavy atom. The van der Waals surface area contributed by atoms with Crippen molar-refractivity contribution in [3.63, 3.8) is 0 Å². The van der Waals surface area contributed by atoms with Crippen molar-refractivity contribution in [3.8, 4) is 0 Å². The lowest BCUT2D eigenvalue weighted by Gasteiger charge is -2.09. The molecule has 0 heterocycles. The molecule has 7 nitrogen and oxygen atoms in total. The summed E-state index contributed by atoms with van der Waals surface area (Å²) in [4.78, 5) is 9.71. The fraction of sp³-hybridized carbons (Fsp3) is 0.455. The summed E-state index contributed by atoms with van der Waals surface area (Å²) in [6.07, 6.45) is 2.20. The van der Waals surface area contributed by atoms with Crippen molar-refractivity contribution < 1.29 is 13.3 Å². The highest BCUT2D eigenvalue weighted by Gasteiger charge is 2.27. The summed E-state index contributed by atoms with van der Waals surface area (Å²) in [6.45, 7) is 0.656. The van der Waals surface area contributed by atoms with Crippen LogP contribution in [0.15, 0.2) is 17.0 Å². The van der Waals surface area contributed by atoms with E-state index in [0.717, 1.165) is 25.0 Å². The van der Waals surface area contributed by atoms with Gasteiger partial charge in [-0.15, -0.1) is 0 Å². The van der Waals surface area contributed by atoms with Gasteiger partial charge in [-0.25, -0.2) is 13.1 Å². The normalized spacial score (nSPS) is 15.1. The summed E-state index contributed by atoms with van der Waals surface area (Å²) in [7, 11) is -3.93. The fourth-order valence-electron chi connectivity index (χ4n) is 1.72. The number of benzene rings is 1. The van der Waals surface area contributed by atoms with E-state index >= 15 is 0 Å². The van der Waals surface area contributed by atoms with Gasteiger partial charge in [0.1, 0.15) is 14.9 Å². The molecule has 0 amide bonds. The topological polar surface area (TPSA) is 101 Å². The van der Waals surface area contributed by atoms with Crippen LogP contribution in [0.3, 0.4) is 0 Å². The Morgan fingerprint density at radius 3 is 2.52 bits per heavy atom. The van der Waals surface area contributed by atoms with Gasteiger partial charge in [0.05, 0.1) is 4.92 Å². The van der Waals surface area contributed by atoms with E-state index < -0.39 is 25.7 Å². The van der Waals surface area contributed by atoms with Gasteiger partial charge in [-0.1, -0.05) is 23.2 Å². The smallest absolute Gasteiger partial charge is 0.307 e. The Kier molecular flexibility index (Phi) is 5.05. The first-order chi connectivity index (χ1) is 9.83. The molecule has 1 aromatic carbocycles. The van der Waals surface area contributed by atoms with Crippen molar-refractivity contribution in [3.05, 3.63) is 32.3 Å². The van der Waals surface area contributed by atoms with Crippen LogP contribution in [0.2, 0.25) is 10.0 Å². The highest BCUT2D eigenvalue weighted by atomic mass is 35.5. The molecule has 1 aliphatic rings. The Hall–Kier alpha value is -0.930. The molecule has 0 aromatic heterocycles. The van der Waals surface area contributed by atoms with E-state index in [0.29, 0.717) is 12.6 Å². The summed E-state index contributed by atoms with van der Waals surface area (Å²) < 4.78 is 26.6. The second kappa shape index (κ2) is 6.45. The van der Waals surface area contributed by atoms with Gasteiger partial charge < -0.3 is 5.32 Å². The lowest BCUT2D eigenvalue weighted by atomic mass is 10.3. The third kappa shape index (κ3) is 4.04. The number of nitro groups is 1. The first-order valence-corrected chi connectivity index (χ1v) is 8.42. The van der Waals surface area contributed by atoms with Gasteiger partial charge in [-0.05, 0) is 25.0 Å². The predicted octanol–water partition coefficient (Wildman–Crippen LogP) is 1.93. The highest BCUT2D eigenvalue weighted by molar-refractivity contribution is 7.89. The highest BCUT2D eigenvalue weighted by Crippen LogP contribution is 2.36.